The lowest BCUT2D eigenvalue weighted by atomic mass is 10.1. The molecule has 0 radical (unpaired) electrons. The van der Waals surface area contributed by atoms with E-state index in [4.69, 9.17) is 0 Å². The van der Waals surface area contributed by atoms with E-state index in [1.165, 1.54) is 11.3 Å². The van der Waals surface area contributed by atoms with Crippen LogP contribution in [0.1, 0.15) is 50.7 Å². The maximum atomic E-state index is 13.0. The standard InChI is InChI=1S/C28H31N5O2S.ClH/c1-4-33(5-2)16-15-29-27(34)21-11-10-20(12-13-24-22-8-6-7-9-23(22)31-32-24)25(18-21)30-28(35)26-19(3)14-17-36-26;/h6-14,17-18H,4-5,15-16H2,1-3H3,(H,29,34)(H,30,35)(H,31,32);1H/b13-12+;. The number of halogens is 1. The average molecular weight is 538 g/mol. The number of aryl methyl sites for hydroxylation is 1. The number of nitrogens with one attached hydrogen (secondary N) is 3. The van der Waals surface area contributed by atoms with Crippen LogP contribution < -0.4 is 10.6 Å². The third kappa shape index (κ3) is 6.85. The topological polar surface area (TPSA) is 90.1 Å². The van der Waals surface area contributed by atoms with Crippen molar-refractivity contribution in [3.05, 3.63) is 81.2 Å². The number of aromatic amines is 1. The Morgan fingerprint density at radius 1 is 1.05 bits per heavy atom. The third-order valence-electron chi connectivity index (χ3n) is 6.16. The monoisotopic (exact) mass is 537 g/mol. The Morgan fingerprint density at radius 2 is 1.84 bits per heavy atom. The molecule has 0 saturated carbocycles. The molecule has 0 bridgehead atoms. The van der Waals surface area contributed by atoms with Gasteiger partial charge in [0.25, 0.3) is 11.8 Å². The Morgan fingerprint density at radius 3 is 2.57 bits per heavy atom. The van der Waals surface area contributed by atoms with Crippen LogP contribution in [0.5, 0.6) is 0 Å². The van der Waals surface area contributed by atoms with E-state index in [2.05, 4.69) is 39.6 Å². The summed E-state index contributed by atoms with van der Waals surface area (Å²) in [5.41, 5.74) is 4.52. The second kappa shape index (κ2) is 13.2. The van der Waals surface area contributed by atoms with Crippen LogP contribution in [0.4, 0.5) is 5.69 Å². The van der Waals surface area contributed by atoms with Gasteiger partial charge in [0, 0.05) is 29.7 Å². The largest absolute Gasteiger partial charge is 0.351 e. The number of fused-ring (bicyclic) bond motifs is 1. The van der Waals surface area contributed by atoms with Crippen LogP contribution in [0, 0.1) is 6.92 Å². The summed E-state index contributed by atoms with van der Waals surface area (Å²) < 4.78 is 0. The highest BCUT2D eigenvalue weighted by atomic mass is 35.5. The lowest BCUT2D eigenvalue weighted by Gasteiger charge is -2.18. The summed E-state index contributed by atoms with van der Waals surface area (Å²) in [6.07, 6.45) is 3.81. The Bertz CT molecular complexity index is 1390. The predicted octanol–water partition coefficient (Wildman–Crippen LogP) is 5.85. The SMILES string of the molecule is CCN(CC)CCNC(=O)c1ccc(/C=C/c2n[nH]c3ccccc23)c(NC(=O)c2sccc2C)c1.Cl. The molecule has 0 unspecified atom stereocenters. The summed E-state index contributed by atoms with van der Waals surface area (Å²) >= 11 is 1.40. The Kier molecular flexibility index (Phi) is 10.0. The maximum absolute atomic E-state index is 13.0. The van der Waals surface area contributed by atoms with Crippen LogP contribution in [0.3, 0.4) is 0 Å². The molecule has 37 heavy (non-hydrogen) atoms. The zero-order valence-corrected chi connectivity index (χ0v) is 22.8. The van der Waals surface area contributed by atoms with E-state index in [9.17, 15) is 9.59 Å². The van der Waals surface area contributed by atoms with Crippen LogP contribution in [0.15, 0.2) is 53.9 Å². The lowest BCUT2D eigenvalue weighted by Crippen LogP contribution is -2.34. The van der Waals surface area contributed by atoms with Gasteiger partial charge in [-0.05, 0) is 66.9 Å². The first-order chi connectivity index (χ1) is 17.5. The van der Waals surface area contributed by atoms with Crippen molar-refractivity contribution >= 4 is 64.3 Å². The number of amides is 2. The molecule has 4 rings (SSSR count). The van der Waals surface area contributed by atoms with Crippen molar-refractivity contribution in [3.8, 4) is 0 Å². The minimum Gasteiger partial charge on any atom is -0.351 e. The van der Waals surface area contributed by atoms with Gasteiger partial charge >= 0.3 is 0 Å². The number of carbonyl (C=O) groups excluding carboxylic acids is 2. The van der Waals surface area contributed by atoms with E-state index in [1.54, 1.807) is 12.1 Å². The molecule has 2 amide bonds. The molecule has 0 aliphatic carbocycles. The molecule has 0 spiro atoms. The van der Waals surface area contributed by atoms with Crippen molar-refractivity contribution in [1.82, 2.24) is 20.4 Å². The number of rotatable bonds is 10. The molecule has 0 aliphatic heterocycles. The van der Waals surface area contributed by atoms with Gasteiger partial charge in [-0.3, -0.25) is 14.7 Å². The Balaban J connectivity index is 0.00000380. The van der Waals surface area contributed by atoms with Crippen LogP contribution >= 0.6 is 23.7 Å². The van der Waals surface area contributed by atoms with Crippen molar-refractivity contribution in [2.45, 2.75) is 20.8 Å². The van der Waals surface area contributed by atoms with E-state index in [-0.39, 0.29) is 24.2 Å². The first-order valence-electron chi connectivity index (χ1n) is 12.1. The number of hydrogen-bond acceptors (Lipinski definition) is 5. The minimum atomic E-state index is -0.193. The van der Waals surface area contributed by atoms with Crippen molar-refractivity contribution in [1.29, 1.82) is 0 Å². The minimum absolute atomic E-state index is 0. The van der Waals surface area contributed by atoms with Gasteiger partial charge in [0.2, 0.25) is 0 Å². The van der Waals surface area contributed by atoms with Crippen LogP contribution in [0.25, 0.3) is 23.1 Å². The van der Waals surface area contributed by atoms with E-state index >= 15 is 0 Å². The fourth-order valence-corrected chi connectivity index (χ4v) is 4.81. The van der Waals surface area contributed by atoms with Crippen molar-refractivity contribution in [3.63, 3.8) is 0 Å². The number of anilines is 1. The summed E-state index contributed by atoms with van der Waals surface area (Å²) in [6.45, 7) is 9.35. The molecular weight excluding hydrogens is 506 g/mol. The molecule has 0 fully saturated rings. The maximum Gasteiger partial charge on any atom is 0.266 e. The molecule has 2 heterocycles. The molecule has 194 valence electrons. The van der Waals surface area contributed by atoms with Crippen molar-refractivity contribution < 1.29 is 9.59 Å². The van der Waals surface area contributed by atoms with Gasteiger partial charge in [-0.15, -0.1) is 23.7 Å². The third-order valence-corrected chi connectivity index (χ3v) is 7.18. The van der Waals surface area contributed by atoms with Gasteiger partial charge in [-0.2, -0.15) is 5.10 Å². The highest BCUT2D eigenvalue weighted by molar-refractivity contribution is 7.12. The molecule has 2 aromatic carbocycles. The van der Waals surface area contributed by atoms with Crippen molar-refractivity contribution in [2.24, 2.45) is 0 Å². The summed E-state index contributed by atoms with van der Waals surface area (Å²) in [5.74, 6) is -0.361. The summed E-state index contributed by atoms with van der Waals surface area (Å²) in [4.78, 5) is 28.8. The fraction of sp³-hybridized carbons (Fsp3) is 0.250. The number of thiophene rings is 1. The number of aromatic nitrogens is 2. The first-order valence-corrected chi connectivity index (χ1v) is 13.0. The van der Waals surface area contributed by atoms with Crippen LogP contribution in [0.2, 0.25) is 0 Å². The molecule has 4 aromatic rings. The Hall–Kier alpha value is -3.46. The normalized spacial score (nSPS) is 11.1. The number of carbonyl (C=O) groups is 2. The van der Waals surface area contributed by atoms with E-state index in [0.717, 1.165) is 47.4 Å². The molecule has 0 saturated heterocycles. The quantitative estimate of drug-likeness (QED) is 0.237. The molecule has 7 nitrogen and oxygen atoms in total. The number of nitrogens with zero attached hydrogens (tertiary/aromatic N) is 2. The van der Waals surface area contributed by atoms with Gasteiger partial charge < -0.3 is 15.5 Å². The van der Waals surface area contributed by atoms with Gasteiger partial charge in [0.15, 0.2) is 0 Å². The number of para-hydroxylation sites is 1. The van der Waals surface area contributed by atoms with E-state index < -0.39 is 0 Å². The molecule has 2 aromatic heterocycles. The smallest absolute Gasteiger partial charge is 0.266 e. The number of benzene rings is 2. The second-order valence-electron chi connectivity index (χ2n) is 8.46. The number of likely N-dealkylation sites (N-methyl/N-ethyl adjacent to an activating group) is 1. The summed E-state index contributed by atoms with van der Waals surface area (Å²) in [6, 6.07) is 15.2. The van der Waals surface area contributed by atoms with Gasteiger partial charge in [-0.25, -0.2) is 0 Å². The summed E-state index contributed by atoms with van der Waals surface area (Å²) in [7, 11) is 0. The Labute approximate surface area is 227 Å². The zero-order valence-electron chi connectivity index (χ0n) is 21.2. The van der Waals surface area contributed by atoms with Gasteiger partial charge in [0.05, 0.1) is 16.1 Å². The van der Waals surface area contributed by atoms with Gasteiger partial charge in [-0.1, -0.05) is 44.2 Å². The van der Waals surface area contributed by atoms with Crippen LogP contribution in [-0.4, -0.2) is 53.1 Å². The number of hydrogen-bond donors (Lipinski definition) is 3. The van der Waals surface area contributed by atoms with Crippen LogP contribution in [-0.2, 0) is 0 Å². The molecular formula is C28H32ClN5O2S. The van der Waals surface area contributed by atoms with Gasteiger partial charge in [0.1, 0.15) is 0 Å². The highest BCUT2D eigenvalue weighted by Gasteiger charge is 2.15. The zero-order chi connectivity index (χ0) is 25.5. The molecule has 0 aliphatic rings. The second-order valence-corrected chi connectivity index (χ2v) is 9.38. The highest BCUT2D eigenvalue weighted by Crippen LogP contribution is 2.25. The number of H-pyrrole nitrogens is 1. The summed E-state index contributed by atoms with van der Waals surface area (Å²) in [5, 5.41) is 16.3. The predicted molar refractivity (Wildman–Crippen MR) is 156 cm³/mol. The van der Waals surface area contributed by atoms with E-state index in [0.29, 0.717) is 22.7 Å². The fourth-order valence-electron chi connectivity index (χ4n) is 3.99. The molecule has 3 N–H and O–H groups in total. The first kappa shape index (κ1) is 28.1. The molecule has 0 atom stereocenters. The lowest BCUT2D eigenvalue weighted by molar-refractivity contribution is 0.0947. The average Bonchev–Trinajstić information content (AvgIpc) is 3.51. The van der Waals surface area contributed by atoms with Crippen molar-refractivity contribution in [2.75, 3.05) is 31.5 Å². The van der Waals surface area contributed by atoms with E-state index in [1.807, 2.05) is 60.9 Å². The molecule has 9 heteroatoms.